The third-order valence-electron chi connectivity index (χ3n) is 4.90. The molecule has 1 heterocycles. The number of aromatic nitrogens is 3. The number of carbonyl (C=O) groups excluding carboxylic acids is 1. The van der Waals surface area contributed by atoms with Crippen LogP contribution in [0.4, 0.5) is 5.69 Å². The highest BCUT2D eigenvalue weighted by molar-refractivity contribution is 7.99. The van der Waals surface area contributed by atoms with Crippen molar-refractivity contribution in [3.05, 3.63) is 90.0 Å². The number of thioether (sulfide) groups is 1. The van der Waals surface area contributed by atoms with Gasteiger partial charge in [-0.25, -0.2) is 0 Å². The zero-order valence-electron chi connectivity index (χ0n) is 17.6. The molecule has 0 radical (unpaired) electrons. The molecular weight excluding hydrogens is 404 g/mol. The second kappa shape index (κ2) is 9.62. The summed E-state index contributed by atoms with van der Waals surface area (Å²) >= 11 is 1.38. The van der Waals surface area contributed by atoms with Crippen molar-refractivity contribution in [1.29, 1.82) is 0 Å². The highest BCUT2D eigenvalue weighted by atomic mass is 32.2. The molecule has 1 N–H and O–H groups in total. The smallest absolute Gasteiger partial charge is 0.234 e. The number of rotatable bonds is 7. The first-order valence-corrected chi connectivity index (χ1v) is 11.2. The molecule has 0 spiro atoms. The Morgan fingerprint density at radius 2 is 1.74 bits per heavy atom. The van der Waals surface area contributed by atoms with Gasteiger partial charge in [-0.1, -0.05) is 73.3 Å². The van der Waals surface area contributed by atoms with Crippen LogP contribution in [0.5, 0.6) is 0 Å². The highest BCUT2D eigenvalue weighted by Crippen LogP contribution is 2.28. The van der Waals surface area contributed by atoms with Gasteiger partial charge in [0.15, 0.2) is 11.0 Å². The number of aryl methyl sites for hydroxylation is 2. The Hall–Kier alpha value is -3.38. The van der Waals surface area contributed by atoms with Crippen molar-refractivity contribution in [1.82, 2.24) is 14.8 Å². The molecule has 0 saturated heterocycles. The lowest BCUT2D eigenvalue weighted by atomic mass is 10.1. The lowest BCUT2D eigenvalue weighted by Gasteiger charge is -2.11. The van der Waals surface area contributed by atoms with Gasteiger partial charge in [0.2, 0.25) is 5.91 Å². The SMILES string of the molecule is CCc1ccc(-n2c(SCC(=O)Nc3cccc(C)c3)nnc2-c2ccccc2)cc1. The van der Waals surface area contributed by atoms with Crippen molar-refractivity contribution in [2.24, 2.45) is 0 Å². The minimum Gasteiger partial charge on any atom is -0.325 e. The van der Waals surface area contributed by atoms with Gasteiger partial charge in [0.05, 0.1) is 5.75 Å². The van der Waals surface area contributed by atoms with Crippen LogP contribution in [-0.4, -0.2) is 26.4 Å². The van der Waals surface area contributed by atoms with Gasteiger partial charge in [-0.3, -0.25) is 9.36 Å². The average molecular weight is 429 g/mol. The van der Waals surface area contributed by atoms with Gasteiger partial charge in [-0.2, -0.15) is 0 Å². The molecule has 0 aliphatic rings. The summed E-state index contributed by atoms with van der Waals surface area (Å²) in [5, 5.41) is 12.5. The number of nitrogens with zero attached hydrogens (tertiary/aromatic N) is 3. The summed E-state index contributed by atoms with van der Waals surface area (Å²) in [5.41, 5.74) is 5.12. The van der Waals surface area contributed by atoms with Gasteiger partial charge in [0, 0.05) is 16.9 Å². The third kappa shape index (κ3) is 5.03. The molecule has 0 aliphatic carbocycles. The Kier molecular flexibility index (Phi) is 6.48. The molecule has 0 saturated carbocycles. The molecule has 156 valence electrons. The molecule has 4 aromatic rings. The summed E-state index contributed by atoms with van der Waals surface area (Å²) in [5.74, 6) is 0.924. The summed E-state index contributed by atoms with van der Waals surface area (Å²) in [7, 11) is 0. The number of anilines is 1. The molecule has 5 nitrogen and oxygen atoms in total. The fourth-order valence-corrected chi connectivity index (χ4v) is 4.05. The summed E-state index contributed by atoms with van der Waals surface area (Å²) in [4.78, 5) is 12.5. The maximum Gasteiger partial charge on any atom is 0.234 e. The molecule has 0 atom stereocenters. The van der Waals surface area contributed by atoms with Crippen LogP contribution in [0.2, 0.25) is 0 Å². The van der Waals surface area contributed by atoms with Crippen LogP contribution >= 0.6 is 11.8 Å². The predicted molar refractivity (Wildman–Crippen MR) is 127 cm³/mol. The van der Waals surface area contributed by atoms with E-state index in [2.05, 4.69) is 46.7 Å². The summed E-state index contributed by atoms with van der Waals surface area (Å²) in [6.45, 7) is 4.14. The topological polar surface area (TPSA) is 59.8 Å². The summed E-state index contributed by atoms with van der Waals surface area (Å²) in [6, 6.07) is 26.1. The van der Waals surface area contributed by atoms with Gasteiger partial charge in [0.25, 0.3) is 0 Å². The van der Waals surface area contributed by atoms with Gasteiger partial charge in [-0.05, 0) is 48.7 Å². The van der Waals surface area contributed by atoms with Crippen molar-refractivity contribution in [2.75, 3.05) is 11.1 Å². The fourth-order valence-electron chi connectivity index (χ4n) is 3.30. The molecule has 0 fully saturated rings. The molecular formula is C25H24N4OS. The minimum atomic E-state index is -0.0762. The van der Waals surface area contributed by atoms with Gasteiger partial charge in [-0.15, -0.1) is 10.2 Å². The fraction of sp³-hybridized carbons (Fsp3) is 0.160. The number of hydrogen-bond acceptors (Lipinski definition) is 4. The molecule has 0 unspecified atom stereocenters. The molecule has 31 heavy (non-hydrogen) atoms. The van der Waals surface area contributed by atoms with Gasteiger partial charge in [0.1, 0.15) is 0 Å². The number of nitrogens with one attached hydrogen (secondary N) is 1. The lowest BCUT2D eigenvalue weighted by Crippen LogP contribution is -2.14. The van der Waals surface area contributed by atoms with Gasteiger partial charge >= 0.3 is 0 Å². The Morgan fingerprint density at radius 1 is 0.968 bits per heavy atom. The predicted octanol–water partition coefficient (Wildman–Crippen LogP) is 5.54. The van der Waals surface area contributed by atoms with Crippen molar-refractivity contribution in [3.8, 4) is 17.1 Å². The Morgan fingerprint density at radius 3 is 2.45 bits per heavy atom. The number of hydrogen-bond donors (Lipinski definition) is 1. The second-order valence-corrected chi connectivity index (χ2v) is 8.18. The van der Waals surface area contributed by atoms with E-state index in [-0.39, 0.29) is 11.7 Å². The zero-order valence-corrected chi connectivity index (χ0v) is 18.4. The quantitative estimate of drug-likeness (QED) is 0.393. The maximum atomic E-state index is 12.5. The van der Waals surface area contributed by atoms with E-state index in [0.717, 1.165) is 34.7 Å². The van der Waals surface area contributed by atoms with Crippen LogP contribution in [0.25, 0.3) is 17.1 Å². The van der Waals surface area contributed by atoms with E-state index in [0.29, 0.717) is 5.16 Å². The highest BCUT2D eigenvalue weighted by Gasteiger charge is 2.17. The summed E-state index contributed by atoms with van der Waals surface area (Å²) in [6.07, 6.45) is 0.981. The molecule has 4 rings (SSSR count). The maximum absolute atomic E-state index is 12.5. The standard InChI is InChI=1S/C25H24N4OS/c1-3-19-12-14-22(15-13-19)29-24(20-9-5-4-6-10-20)27-28-25(29)31-17-23(30)26-21-11-7-8-18(2)16-21/h4-16H,3,17H2,1-2H3,(H,26,30). The first kappa shape index (κ1) is 20.9. The first-order chi connectivity index (χ1) is 15.1. The largest absolute Gasteiger partial charge is 0.325 e. The third-order valence-corrected chi connectivity index (χ3v) is 5.83. The Bertz CT molecular complexity index is 1170. The van der Waals surface area contributed by atoms with Crippen LogP contribution in [0.15, 0.2) is 84.0 Å². The van der Waals surface area contributed by atoms with E-state index in [4.69, 9.17) is 0 Å². The van der Waals surface area contributed by atoms with Crippen molar-refractivity contribution in [2.45, 2.75) is 25.4 Å². The molecule has 1 amide bonds. The van der Waals surface area contributed by atoms with E-state index in [9.17, 15) is 4.79 Å². The molecule has 1 aromatic heterocycles. The van der Waals surface area contributed by atoms with E-state index in [1.54, 1.807) is 0 Å². The van der Waals surface area contributed by atoms with Crippen LogP contribution in [0, 0.1) is 6.92 Å². The number of benzene rings is 3. The van der Waals surface area contributed by atoms with Crippen LogP contribution < -0.4 is 5.32 Å². The molecule has 3 aromatic carbocycles. The van der Waals surface area contributed by atoms with Crippen LogP contribution in [0.1, 0.15) is 18.1 Å². The Labute approximate surface area is 186 Å². The monoisotopic (exact) mass is 428 g/mol. The van der Waals surface area contributed by atoms with E-state index >= 15 is 0 Å². The number of amides is 1. The molecule has 0 aliphatic heterocycles. The zero-order chi connectivity index (χ0) is 21.6. The minimum absolute atomic E-state index is 0.0762. The average Bonchev–Trinajstić information content (AvgIpc) is 3.22. The van der Waals surface area contributed by atoms with E-state index < -0.39 is 0 Å². The van der Waals surface area contributed by atoms with Crippen molar-refractivity contribution in [3.63, 3.8) is 0 Å². The van der Waals surface area contributed by atoms with E-state index in [1.165, 1.54) is 17.3 Å². The first-order valence-electron chi connectivity index (χ1n) is 10.2. The van der Waals surface area contributed by atoms with E-state index in [1.807, 2.05) is 66.1 Å². The molecule has 0 bridgehead atoms. The van der Waals surface area contributed by atoms with Crippen molar-refractivity contribution < 1.29 is 4.79 Å². The van der Waals surface area contributed by atoms with Crippen molar-refractivity contribution >= 4 is 23.4 Å². The number of carbonyl (C=O) groups is 1. The van der Waals surface area contributed by atoms with Crippen LogP contribution in [-0.2, 0) is 11.2 Å². The second-order valence-electron chi connectivity index (χ2n) is 7.23. The summed E-state index contributed by atoms with van der Waals surface area (Å²) < 4.78 is 2.01. The van der Waals surface area contributed by atoms with Gasteiger partial charge < -0.3 is 5.32 Å². The Balaban J connectivity index is 1.59. The normalized spacial score (nSPS) is 10.8. The lowest BCUT2D eigenvalue weighted by molar-refractivity contribution is -0.113. The van der Waals surface area contributed by atoms with Crippen LogP contribution in [0.3, 0.4) is 0 Å². The molecule has 6 heteroatoms.